The van der Waals surface area contributed by atoms with Crippen molar-refractivity contribution in [2.24, 2.45) is 11.3 Å². The Balaban J connectivity index is 2.56. The molecule has 106 valence electrons. The van der Waals surface area contributed by atoms with E-state index in [4.69, 9.17) is 4.74 Å². The first-order chi connectivity index (χ1) is 8.35. The van der Waals surface area contributed by atoms with Crippen molar-refractivity contribution in [3.8, 4) is 0 Å². The summed E-state index contributed by atoms with van der Waals surface area (Å²) >= 11 is 0. The van der Waals surface area contributed by atoms with Crippen LogP contribution in [-0.4, -0.2) is 25.2 Å². The first-order valence-corrected chi connectivity index (χ1v) is 7.19. The van der Waals surface area contributed by atoms with Gasteiger partial charge in [-0.05, 0) is 37.0 Å². The van der Waals surface area contributed by atoms with Gasteiger partial charge in [0.2, 0.25) is 0 Å². The molecule has 1 fully saturated rings. The van der Waals surface area contributed by atoms with Crippen molar-refractivity contribution in [2.75, 3.05) is 7.11 Å². The first-order valence-electron chi connectivity index (χ1n) is 7.19. The van der Waals surface area contributed by atoms with Crippen LogP contribution in [0.5, 0.6) is 0 Å². The summed E-state index contributed by atoms with van der Waals surface area (Å²) in [7, 11) is 1.47. The third kappa shape index (κ3) is 4.60. The number of rotatable bonds is 4. The van der Waals surface area contributed by atoms with Gasteiger partial charge in [0.05, 0.1) is 7.11 Å². The second-order valence-corrected chi connectivity index (χ2v) is 6.70. The molecule has 1 aliphatic carbocycles. The second kappa shape index (κ2) is 6.55. The molecule has 0 amide bonds. The first kappa shape index (κ1) is 15.5. The Kier molecular flexibility index (Phi) is 5.64. The maximum absolute atomic E-state index is 11.8. The molecule has 1 unspecified atom stereocenters. The highest BCUT2D eigenvalue weighted by molar-refractivity contribution is 5.75. The standard InChI is InChI=1S/C15H29NO2/c1-11(2)13(14(17)18-5)16-12-7-6-9-15(3,4)10-8-12/h11-13,16H,6-10H2,1-5H3/t12?,13-/m0/s1. The monoisotopic (exact) mass is 255 g/mol. The van der Waals surface area contributed by atoms with E-state index >= 15 is 0 Å². The maximum Gasteiger partial charge on any atom is 0.323 e. The minimum Gasteiger partial charge on any atom is -0.468 e. The molecule has 0 aromatic heterocycles. The number of hydrogen-bond acceptors (Lipinski definition) is 3. The summed E-state index contributed by atoms with van der Waals surface area (Å²) in [6.45, 7) is 8.82. The minimum atomic E-state index is -0.166. The van der Waals surface area contributed by atoms with Crippen LogP contribution in [0.25, 0.3) is 0 Å². The summed E-state index contributed by atoms with van der Waals surface area (Å²) in [6.07, 6.45) is 6.10. The minimum absolute atomic E-state index is 0.131. The lowest BCUT2D eigenvalue weighted by molar-refractivity contribution is -0.144. The van der Waals surface area contributed by atoms with Crippen LogP contribution in [0.2, 0.25) is 0 Å². The van der Waals surface area contributed by atoms with Gasteiger partial charge in [0.25, 0.3) is 0 Å². The van der Waals surface area contributed by atoms with Crippen LogP contribution >= 0.6 is 0 Å². The third-order valence-corrected chi connectivity index (χ3v) is 4.11. The van der Waals surface area contributed by atoms with E-state index in [-0.39, 0.29) is 17.9 Å². The molecule has 0 aliphatic heterocycles. The zero-order valence-electron chi connectivity index (χ0n) is 12.6. The summed E-state index contributed by atoms with van der Waals surface area (Å²) in [6, 6.07) is 0.291. The third-order valence-electron chi connectivity index (χ3n) is 4.11. The smallest absolute Gasteiger partial charge is 0.323 e. The molecule has 2 atom stereocenters. The number of carbonyl (C=O) groups is 1. The van der Waals surface area contributed by atoms with E-state index in [1.54, 1.807) is 0 Å². The average molecular weight is 255 g/mol. The van der Waals surface area contributed by atoms with Gasteiger partial charge in [-0.25, -0.2) is 0 Å². The summed E-state index contributed by atoms with van der Waals surface area (Å²) in [5, 5.41) is 3.51. The number of esters is 1. The quantitative estimate of drug-likeness (QED) is 0.619. The van der Waals surface area contributed by atoms with Gasteiger partial charge in [-0.3, -0.25) is 4.79 Å². The van der Waals surface area contributed by atoms with Gasteiger partial charge in [-0.2, -0.15) is 0 Å². The highest BCUT2D eigenvalue weighted by atomic mass is 16.5. The Labute approximate surface area is 112 Å². The Hall–Kier alpha value is -0.570. The van der Waals surface area contributed by atoms with Crippen LogP contribution in [-0.2, 0) is 9.53 Å². The van der Waals surface area contributed by atoms with Gasteiger partial charge in [-0.15, -0.1) is 0 Å². The van der Waals surface area contributed by atoms with Gasteiger partial charge in [0.1, 0.15) is 6.04 Å². The number of carbonyl (C=O) groups excluding carboxylic acids is 1. The van der Waals surface area contributed by atoms with E-state index in [9.17, 15) is 4.79 Å². The summed E-state index contributed by atoms with van der Waals surface area (Å²) in [4.78, 5) is 11.8. The van der Waals surface area contributed by atoms with Gasteiger partial charge in [0, 0.05) is 6.04 Å². The molecule has 18 heavy (non-hydrogen) atoms. The van der Waals surface area contributed by atoms with Crippen molar-refractivity contribution >= 4 is 5.97 Å². The highest BCUT2D eigenvalue weighted by Gasteiger charge is 2.29. The predicted octanol–water partition coefficient (Wildman–Crippen LogP) is 3.13. The molecular weight excluding hydrogens is 226 g/mol. The molecule has 0 aromatic carbocycles. The van der Waals surface area contributed by atoms with Crippen molar-refractivity contribution in [1.82, 2.24) is 5.32 Å². The summed E-state index contributed by atoms with van der Waals surface area (Å²) < 4.78 is 4.89. The number of methoxy groups -OCH3 is 1. The van der Waals surface area contributed by atoms with Crippen molar-refractivity contribution < 1.29 is 9.53 Å². The number of ether oxygens (including phenoxy) is 1. The lowest BCUT2D eigenvalue weighted by Crippen LogP contribution is -2.47. The molecule has 1 aliphatic rings. The topological polar surface area (TPSA) is 38.3 Å². The molecule has 3 nitrogen and oxygen atoms in total. The summed E-state index contributed by atoms with van der Waals surface area (Å²) in [5.41, 5.74) is 0.453. The SMILES string of the molecule is COC(=O)[C@@H](NC1CCCC(C)(C)CC1)C(C)C. The fourth-order valence-corrected chi connectivity index (χ4v) is 2.74. The molecule has 0 heterocycles. The molecule has 1 rings (SSSR count). The average Bonchev–Trinajstić information content (AvgIpc) is 2.46. The highest BCUT2D eigenvalue weighted by Crippen LogP contribution is 2.34. The van der Waals surface area contributed by atoms with Crippen molar-refractivity contribution in [3.05, 3.63) is 0 Å². The molecule has 1 saturated carbocycles. The van der Waals surface area contributed by atoms with Gasteiger partial charge < -0.3 is 10.1 Å². The Morgan fingerprint density at radius 2 is 1.94 bits per heavy atom. The van der Waals surface area contributed by atoms with E-state index in [0.717, 1.165) is 6.42 Å². The fourth-order valence-electron chi connectivity index (χ4n) is 2.74. The lowest BCUT2D eigenvalue weighted by atomic mass is 9.85. The van der Waals surface area contributed by atoms with Crippen molar-refractivity contribution in [3.63, 3.8) is 0 Å². The van der Waals surface area contributed by atoms with Crippen molar-refractivity contribution in [1.29, 1.82) is 0 Å². The van der Waals surface area contributed by atoms with Gasteiger partial charge in [-0.1, -0.05) is 34.1 Å². The van der Waals surface area contributed by atoms with E-state index in [2.05, 4.69) is 33.0 Å². The van der Waals surface area contributed by atoms with Crippen LogP contribution in [0.15, 0.2) is 0 Å². The molecule has 0 radical (unpaired) electrons. The maximum atomic E-state index is 11.8. The molecular formula is C15H29NO2. The van der Waals surface area contributed by atoms with Crippen molar-refractivity contribution in [2.45, 2.75) is 71.9 Å². The Morgan fingerprint density at radius 3 is 2.50 bits per heavy atom. The second-order valence-electron chi connectivity index (χ2n) is 6.70. The van der Waals surface area contributed by atoms with E-state index in [1.165, 1.54) is 32.8 Å². The summed E-state index contributed by atoms with van der Waals surface area (Å²) in [5.74, 6) is 0.141. The number of hydrogen-bond donors (Lipinski definition) is 1. The fraction of sp³-hybridized carbons (Fsp3) is 0.933. The normalized spacial score (nSPS) is 25.6. The molecule has 0 aromatic rings. The lowest BCUT2D eigenvalue weighted by Gasteiger charge is -2.26. The predicted molar refractivity (Wildman–Crippen MR) is 74.4 cm³/mol. The van der Waals surface area contributed by atoms with Crippen LogP contribution in [0.1, 0.15) is 59.8 Å². The molecule has 0 saturated heterocycles. The van der Waals surface area contributed by atoms with Gasteiger partial charge in [0.15, 0.2) is 0 Å². The zero-order chi connectivity index (χ0) is 13.8. The van der Waals surface area contributed by atoms with Crippen LogP contribution in [0.4, 0.5) is 0 Å². The number of nitrogens with one attached hydrogen (secondary N) is 1. The van der Waals surface area contributed by atoms with Crippen LogP contribution in [0.3, 0.4) is 0 Å². The largest absolute Gasteiger partial charge is 0.468 e. The van der Waals surface area contributed by atoms with Gasteiger partial charge >= 0.3 is 5.97 Å². The van der Waals surface area contributed by atoms with E-state index < -0.39 is 0 Å². The van der Waals surface area contributed by atoms with Crippen LogP contribution < -0.4 is 5.32 Å². The van der Waals surface area contributed by atoms with Crippen LogP contribution in [0, 0.1) is 11.3 Å². The Morgan fingerprint density at radius 1 is 1.28 bits per heavy atom. The van der Waals surface area contributed by atoms with E-state index in [1.807, 2.05) is 0 Å². The zero-order valence-corrected chi connectivity index (χ0v) is 12.6. The molecule has 0 bridgehead atoms. The Bertz CT molecular complexity index is 274. The molecule has 1 N–H and O–H groups in total. The van der Waals surface area contributed by atoms with E-state index in [0.29, 0.717) is 11.5 Å². The molecule has 0 spiro atoms. The molecule has 3 heteroatoms.